The molecule has 1 fully saturated rings. The van der Waals surface area contributed by atoms with Crippen LogP contribution in [0.25, 0.3) is 0 Å². The van der Waals surface area contributed by atoms with Gasteiger partial charge in [-0.15, -0.1) is 11.3 Å². The van der Waals surface area contributed by atoms with Gasteiger partial charge in [0, 0.05) is 13.1 Å². The Morgan fingerprint density at radius 3 is 2.52 bits per heavy atom. The molecule has 0 radical (unpaired) electrons. The molecule has 1 aromatic heterocycles. The lowest BCUT2D eigenvalue weighted by molar-refractivity contribution is -0.226. The normalized spacial score (nSPS) is 24.4. The van der Waals surface area contributed by atoms with Gasteiger partial charge in [0.25, 0.3) is 10.0 Å². The second kappa shape index (κ2) is 4.92. The van der Waals surface area contributed by atoms with Gasteiger partial charge in [-0.25, -0.2) is 13.4 Å². The predicted molar refractivity (Wildman–Crippen MR) is 66.4 cm³/mol. The van der Waals surface area contributed by atoms with Crippen molar-refractivity contribution >= 4 is 27.3 Å². The maximum absolute atomic E-state index is 13.0. The Balaban J connectivity index is 2.36. The highest BCUT2D eigenvalue weighted by atomic mass is 32.2. The average Bonchev–Trinajstić information content (AvgIpc) is 2.94. The van der Waals surface area contributed by atoms with Crippen LogP contribution in [0.1, 0.15) is 11.4 Å². The smallest absolute Gasteiger partial charge is 0.406 e. The number of thiazole rings is 1. The third-order valence-corrected chi connectivity index (χ3v) is 6.58. The molecule has 6 nitrogen and oxygen atoms in total. The van der Waals surface area contributed by atoms with E-state index in [-0.39, 0.29) is 4.21 Å². The minimum Gasteiger partial charge on any atom is -0.481 e. The maximum Gasteiger partial charge on any atom is 0.406 e. The quantitative estimate of drug-likeness (QED) is 0.897. The summed E-state index contributed by atoms with van der Waals surface area (Å²) in [6, 6.07) is 0. The van der Waals surface area contributed by atoms with Crippen LogP contribution in [0.3, 0.4) is 0 Å². The van der Waals surface area contributed by atoms with E-state index in [1.165, 1.54) is 0 Å². The van der Waals surface area contributed by atoms with Crippen LogP contribution >= 0.6 is 11.3 Å². The van der Waals surface area contributed by atoms with Gasteiger partial charge in [-0.2, -0.15) is 17.5 Å². The highest BCUT2D eigenvalue weighted by Crippen LogP contribution is 2.47. The zero-order chi connectivity index (χ0) is 16.1. The van der Waals surface area contributed by atoms with Crippen molar-refractivity contribution in [3.63, 3.8) is 0 Å². The molecule has 0 amide bonds. The van der Waals surface area contributed by atoms with Gasteiger partial charge in [0.15, 0.2) is 9.62 Å². The van der Waals surface area contributed by atoms with Crippen LogP contribution in [0.5, 0.6) is 0 Å². The van der Waals surface area contributed by atoms with Crippen molar-refractivity contribution in [1.82, 2.24) is 9.29 Å². The van der Waals surface area contributed by atoms with Crippen LogP contribution in [0.2, 0.25) is 0 Å². The van der Waals surface area contributed by atoms with Crippen molar-refractivity contribution in [2.24, 2.45) is 5.41 Å². The number of carboxylic acids is 1. The number of carbonyl (C=O) groups is 1. The van der Waals surface area contributed by atoms with Gasteiger partial charge in [-0.3, -0.25) is 4.79 Å². The first-order valence-corrected chi connectivity index (χ1v) is 7.99. The fourth-order valence-electron chi connectivity index (χ4n) is 2.10. The lowest BCUT2D eigenvalue weighted by atomic mass is 9.86. The van der Waals surface area contributed by atoms with E-state index >= 15 is 0 Å². The molecule has 0 spiro atoms. The molecule has 0 saturated carbocycles. The van der Waals surface area contributed by atoms with Crippen molar-refractivity contribution in [3.05, 3.63) is 11.2 Å². The van der Waals surface area contributed by atoms with Crippen LogP contribution in [0.15, 0.2) is 10.4 Å². The molecular formula is C10H11F3N2O4S2. The van der Waals surface area contributed by atoms with Crippen LogP contribution in [0, 0.1) is 12.3 Å². The molecule has 2 heterocycles. The van der Waals surface area contributed by atoms with Gasteiger partial charge in [0.2, 0.25) is 0 Å². The van der Waals surface area contributed by atoms with E-state index in [0.29, 0.717) is 9.31 Å². The molecule has 1 saturated heterocycles. The standard InChI is InChI=1S/C10H11F3N2O4S2/c1-6-14-4-7(20-6)21(18,19)15-3-2-9(5-15,8(16)17)10(11,12)13/h4H,2-3,5H2,1H3,(H,16,17). The first kappa shape index (κ1) is 16.2. The van der Waals surface area contributed by atoms with E-state index < -0.39 is 47.1 Å². The SMILES string of the molecule is Cc1ncc(S(=O)(=O)N2CCC(C(=O)O)(C(F)(F)F)C2)s1. The molecule has 1 aliphatic rings. The highest BCUT2D eigenvalue weighted by molar-refractivity contribution is 7.91. The summed E-state index contributed by atoms with van der Waals surface area (Å²) in [5.41, 5.74) is -3.06. The Kier molecular flexibility index (Phi) is 3.79. The van der Waals surface area contributed by atoms with Gasteiger partial charge >= 0.3 is 12.1 Å². The molecule has 0 aromatic carbocycles. The van der Waals surface area contributed by atoms with E-state index in [9.17, 15) is 26.4 Å². The first-order chi connectivity index (χ1) is 9.50. The van der Waals surface area contributed by atoms with Gasteiger partial charge in [0.1, 0.15) is 0 Å². The Morgan fingerprint density at radius 2 is 2.14 bits per heavy atom. The Hall–Kier alpha value is -1.20. The largest absolute Gasteiger partial charge is 0.481 e. The topological polar surface area (TPSA) is 87.6 Å². The number of halogens is 3. The van der Waals surface area contributed by atoms with Crippen molar-refractivity contribution in [1.29, 1.82) is 0 Å². The molecule has 0 bridgehead atoms. The lowest BCUT2D eigenvalue weighted by Crippen LogP contribution is -2.47. The highest BCUT2D eigenvalue weighted by Gasteiger charge is 2.65. The van der Waals surface area contributed by atoms with Gasteiger partial charge in [0.05, 0.1) is 11.2 Å². The molecule has 1 unspecified atom stereocenters. The number of carboxylic acid groups (broad SMARTS) is 1. The summed E-state index contributed by atoms with van der Waals surface area (Å²) in [4.78, 5) is 14.8. The minimum atomic E-state index is -5.02. The summed E-state index contributed by atoms with van der Waals surface area (Å²) >= 11 is 0.828. The van der Waals surface area contributed by atoms with E-state index in [1.54, 1.807) is 6.92 Å². The molecule has 118 valence electrons. The van der Waals surface area contributed by atoms with Crippen molar-refractivity contribution in [3.8, 4) is 0 Å². The zero-order valence-electron chi connectivity index (χ0n) is 10.7. The Labute approximate surface area is 122 Å². The number of alkyl halides is 3. The van der Waals surface area contributed by atoms with Crippen LogP contribution in [0.4, 0.5) is 13.2 Å². The third-order valence-electron chi connectivity index (χ3n) is 3.38. The number of hydrogen-bond acceptors (Lipinski definition) is 5. The van der Waals surface area contributed by atoms with Crippen LogP contribution in [-0.4, -0.2) is 48.0 Å². The molecule has 0 aliphatic carbocycles. The summed E-state index contributed by atoms with van der Waals surface area (Å²) < 4.78 is 63.9. The fourth-order valence-corrected chi connectivity index (χ4v) is 4.86. The second-order valence-electron chi connectivity index (χ2n) is 4.67. The average molecular weight is 344 g/mol. The van der Waals surface area contributed by atoms with Gasteiger partial charge < -0.3 is 5.11 Å². The van der Waals surface area contributed by atoms with Crippen molar-refractivity contribution in [2.75, 3.05) is 13.1 Å². The van der Waals surface area contributed by atoms with Crippen LogP contribution in [-0.2, 0) is 14.8 Å². The number of aromatic nitrogens is 1. The Bertz CT molecular complexity index is 670. The van der Waals surface area contributed by atoms with Gasteiger partial charge in [-0.1, -0.05) is 0 Å². The summed E-state index contributed by atoms with van der Waals surface area (Å²) in [5.74, 6) is -2.06. The Morgan fingerprint density at radius 1 is 1.52 bits per heavy atom. The molecule has 2 rings (SSSR count). The number of hydrogen-bond donors (Lipinski definition) is 1. The fraction of sp³-hybridized carbons (Fsp3) is 0.600. The summed E-state index contributed by atoms with van der Waals surface area (Å²) in [6.07, 6.45) is -4.76. The molecule has 11 heteroatoms. The molecule has 21 heavy (non-hydrogen) atoms. The molecule has 1 aliphatic heterocycles. The van der Waals surface area contributed by atoms with Gasteiger partial charge in [-0.05, 0) is 13.3 Å². The lowest BCUT2D eigenvalue weighted by Gasteiger charge is -2.26. The number of nitrogens with zero attached hydrogens (tertiary/aromatic N) is 2. The minimum absolute atomic E-state index is 0.191. The van der Waals surface area contributed by atoms with E-state index in [1.807, 2.05) is 0 Å². The number of rotatable bonds is 3. The summed E-state index contributed by atoms with van der Waals surface area (Å²) in [5, 5.41) is 9.36. The number of sulfonamides is 1. The third kappa shape index (κ3) is 2.53. The van der Waals surface area contributed by atoms with E-state index in [2.05, 4.69) is 4.98 Å². The van der Waals surface area contributed by atoms with Crippen LogP contribution < -0.4 is 0 Å². The van der Waals surface area contributed by atoms with E-state index in [0.717, 1.165) is 17.5 Å². The number of aryl methyl sites for hydroxylation is 1. The predicted octanol–water partition coefficient (Wildman–Crippen LogP) is 1.48. The van der Waals surface area contributed by atoms with E-state index in [4.69, 9.17) is 5.11 Å². The zero-order valence-corrected chi connectivity index (χ0v) is 12.3. The monoisotopic (exact) mass is 344 g/mol. The maximum atomic E-state index is 13.0. The molecule has 1 atom stereocenters. The summed E-state index contributed by atoms with van der Waals surface area (Å²) in [7, 11) is -4.16. The number of aliphatic carboxylic acids is 1. The molecular weight excluding hydrogens is 333 g/mol. The first-order valence-electron chi connectivity index (χ1n) is 5.73. The molecule has 1 N–H and O–H groups in total. The van der Waals surface area contributed by atoms with Crippen molar-refractivity contribution in [2.45, 2.75) is 23.7 Å². The van der Waals surface area contributed by atoms with Crippen molar-refractivity contribution < 1.29 is 31.5 Å². The molecule has 1 aromatic rings. The summed E-state index contributed by atoms with van der Waals surface area (Å²) in [6.45, 7) is -0.0544. The second-order valence-corrected chi connectivity index (χ2v) is 8.07.